The average molecular weight is 458 g/mol. The summed E-state index contributed by atoms with van der Waals surface area (Å²) in [6.07, 6.45) is 13.6. The smallest absolute Gasteiger partial charge is 0.317 e. The molecule has 2 aliphatic rings. The zero-order valence-electron chi connectivity index (χ0n) is 21.1. The van der Waals surface area contributed by atoms with Crippen molar-refractivity contribution in [1.29, 1.82) is 0 Å². The number of methoxy groups -OCH3 is 1. The van der Waals surface area contributed by atoms with Crippen LogP contribution in [-0.4, -0.2) is 57.4 Å². The van der Waals surface area contributed by atoms with Crippen molar-refractivity contribution in [3.05, 3.63) is 35.9 Å². The number of hydrogen-bond donors (Lipinski definition) is 2. The van der Waals surface area contributed by atoms with Crippen molar-refractivity contribution in [3.8, 4) is 0 Å². The van der Waals surface area contributed by atoms with Crippen molar-refractivity contribution < 1.29 is 9.53 Å². The van der Waals surface area contributed by atoms with Crippen molar-refractivity contribution in [2.24, 2.45) is 11.8 Å². The molecule has 0 spiro atoms. The minimum Gasteiger partial charge on any atom is -0.385 e. The average Bonchev–Trinajstić information content (AvgIpc) is 2.85. The van der Waals surface area contributed by atoms with Crippen LogP contribution in [0, 0.1) is 11.8 Å². The Labute approximate surface area is 202 Å². The monoisotopic (exact) mass is 457 g/mol. The number of nitrogens with zero attached hydrogens (tertiary/aromatic N) is 1. The van der Waals surface area contributed by atoms with Crippen molar-refractivity contribution in [2.45, 2.75) is 82.6 Å². The van der Waals surface area contributed by atoms with Gasteiger partial charge in [0.05, 0.1) is 0 Å². The van der Waals surface area contributed by atoms with E-state index < -0.39 is 0 Å². The molecule has 33 heavy (non-hydrogen) atoms. The fourth-order valence-electron chi connectivity index (χ4n) is 6.04. The molecular weight excluding hydrogens is 410 g/mol. The van der Waals surface area contributed by atoms with Crippen LogP contribution in [-0.2, 0) is 4.74 Å². The van der Waals surface area contributed by atoms with E-state index in [1.807, 2.05) is 7.05 Å². The number of piperidine rings is 1. The maximum Gasteiger partial charge on any atom is 0.317 e. The van der Waals surface area contributed by atoms with Crippen LogP contribution in [0.15, 0.2) is 30.3 Å². The number of likely N-dealkylation sites (N-methyl/N-ethyl adjacent to an activating group) is 1. The van der Waals surface area contributed by atoms with E-state index in [4.69, 9.17) is 4.74 Å². The Morgan fingerprint density at radius 3 is 2.61 bits per heavy atom. The Bertz CT molecular complexity index is 662. The van der Waals surface area contributed by atoms with E-state index in [9.17, 15) is 4.79 Å². The Hall–Kier alpha value is -1.59. The summed E-state index contributed by atoms with van der Waals surface area (Å²) in [6, 6.07) is 11.3. The lowest BCUT2D eigenvalue weighted by Crippen LogP contribution is -2.51. The summed E-state index contributed by atoms with van der Waals surface area (Å²) < 4.78 is 5.27. The number of benzene rings is 1. The molecule has 3 unspecified atom stereocenters. The van der Waals surface area contributed by atoms with Crippen molar-refractivity contribution in [2.75, 3.05) is 40.4 Å². The second-order valence-corrected chi connectivity index (χ2v) is 10.3. The zero-order chi connectivity index (χ0) is 23.3. The highest BCUT2D eigenvalue weighted by Gasteiger charge is 2.31. The number of urea groups is 1. The van der Waals surface area contributed by atoms with Crippen LogP contribution in [0.2, 0.25) is 0 Å². The molecule has 2 N–H and O–H groups in total. The molecule has 1 aliphatic carbocycles. The largest absolute Gasteiger partial charge is 0.385 e. The van der Waals surface area contributed by atoms with Gasteiger partial charge in [-0.05, 0) is 62.5 Å². The second kappa shape index (κ2) is 14.6. The van der Waals surface area contributed by atoms with Crippen molar-refractivity contribution >= 4 is 6.03 Å². The van der Waals surface area contributed by atoms with E-state index in [0.717, 1.165) is 57.8 Å². The number of rotatable bonds is 12. The van der Waals surface area contributed by atoms with Gasteiger partial charge in [0.15, 0.2) is 0 Å². The summed E-state index contributed by atoms with van der Waals surface area (Å²) in [4.78, 5) is 15.4. The third kappa shape index (κ3) is 8.60. The molecule has 2 fully saturated rings. The Morgan fingerprint density at radius 2 is 1.88 bits per heavy atom. The molecule has 0 bridgehead atoms. The van der Waals surface area contributed by atoms with Gasteiger partial charge in [0.25, 0.3) is 0 Å². The number of hydrogen-bond acceptors (Lipinski definition) is 3. The van der Waals surface area contributed by atoms with Crippen LogP contribution in [0.5, 0.6) is 0 Å². The van der Waals surface area contributed by atoms with E-state index in [0.29, 0.717) is 11.8 Å². The van der Waals surface area contributed by atoms with Crippen LogP contribution in [0.25, 0.3) is 0 Å². The lowest BCUT2D eigenvalue weighted by molar-refractivity contribution is 0.147. The summed E-state index contributed by atoms with van der Waals surface area (Å²) in [5.41, 5.74) is 1.42. The maximum atomic E-state index is 13.3. The Kier molecular flexibility index (Phi) is 11.5. The van der Waals surface area contributed by atoms with Crippen LogP contribution in [0.3, 0.4) is 0 Å². The Balaban J connectivity index is 1.59. The zero-order valence-corrected chi connectivity index (χ0v) is 21.1. The first-order chi connectivity index (χ1) is 16.2. The number of likely N-dealkylation sites (tertiary alicyclic amines) is 1. The quantitative estimate of drug-likeness (QED) is 0.404. The maximum absolute atomic E-state index is 13.3. The Morgan fingerprint density at radius 1 is 1.09 bits per heavy atom. The number of nitrogens with one attached hydrogen (secondary N) is 2. The number of carbonyl (C=O) groups is 1. The first kappa shape index (κ1) is 26.0. The third-order valence-corrected chi connectivity index (χ3v) is 7.78. The van der Waals surface area contributed by atoms with Gasteiger partial charge in [0.2, 0.25) is 0 Å². The predicted octanol–water partition coefficient (Wildman–Crippen LogP) is 5.57. The molecule has 5 nitrogen and oxygen atoms in total. The highest BCUT2D eigenvalue weighted by Crippen LogP contribution is 2.35. The summed E-state index contributed by atoms with van der Waals surface area (Å²) in [7, 11) is 3.77. The van der Waals surface area contributed by atoms with Crippen LogP contribution in [0.1, 0.15) is 82.1 Å². The van der Waals surface area contributed by atoms with Gasteiger partial charge < -0.3 is 20.3 Å². The highest BCUT2D eigenvalue weighted by atomic mass is 16.5. The van der Waals surface area contributed by atoms with Gasteiger partial charge in [0, 0.05) is 39.4 Å². The van der Waals surface area contributed by atoms with Gasteiger partial charge in [-0.1, -0.05) is 68.9 Å². The lowest BCUT2D eigenvalue weighted by Gasteiger charge is -2.38. The van der Waals surface area contributed by atoms with Gasteiger partial charge in [-0.15, -0.1) is 0 Å². The molecule has 1 aliphatic heterocycles. The number of unbranched alkanes of at least 4 members (excludes halogenated alkanes) is 1. The summed E-state index contributed by atoms with van der Waals surface area (Å²) in [6.45, 7) is 3.43. The lowest BCUT2D eigenvalue weighted by atomic mass is 9.78. The van der Waals surface area contributed by atoms with E-state index in [1.165, 1.54) is 50.5 Å². The fraction of sp³-hybridized carbons (Fsp3) is 0.750. The molecular formula is C28H47N3O2. The first-order valence-corrected chi connectivity index (χ1v) is 13.4. The number of ether oxygens (including phenoxy) is 1. The van der Waals surface area contributed by atoms with Gasteiger partial charge in [-0.2, -0.15) is 0 Å². The van der Waals surface area contributed by atoms with Gasteiger partial charge in [-0.3, -0.25) is 0 Å². The summed E-state index contributed by atoms with van der Waals surface area (Å²) in [5, 5.41) is 6.71. The number of amides is 2. The second-order valence-electron chi connectivity index (χ2n) is 10.3. The molecule has 3 atom stereocenters. The predicted molar refractivity (Wildman–Crippen MR) is 137 cm³/mol. The van der Waals surface area contributed by atoms with Crippen LogP contribution >= 0.6 is 0 Å². The molecule has 1 aromatic carbocycles. The molecule has 1 heterocycles. The molecule has 1 saturated heterocycles. The standard InChI is InChI=1S/C28H47N3O2/c1-29-21-26(20-23-12-5-3-6-13-23)30-28(32)31-18-11-16-25(22-31)27(17-9-10-19-33-2)24-14-7-4-8-15-24/h4,7-8,14-15,23,25-27,29H,3,5-6,9-13,16-22H2,1-2H3,(H,30,32). The molecule has 0 aromatic heterocycles. The molecule has 0 radical (unpaired) electrons. The first-order valence-electron chi connectivity index (χ1n) is 13.4. The fourth-order valence-corrected chi connectivity index (χ4v) is 6.04. The minimum absolute atomic E-state index is 0.141. The van der Waals surface area contributed by atoms with Gasteiger partial charge >= 0.3 is 6.03 Å². The van der Waals surface area contributed by atoms with Crippen molar-refractivity contribution in [1.82, 2.24) is 15.5 Å². The molecule has 1 saturated carbocycles. The topological polar surface area (TPSA) is 53.6 Å². The molecule has 2 amide bonds. The molecule has 5 heteroatoms. The molecule has 1 aromatic rings. The van der Waals surface area contributed by atoms with Crippen LogP contribution in [0.4, 0.5) is 4.79 Å². The van der Waals surface area contributed by atoms with Gasteiger partial charge in [-0.25, -0.2) is 4.79 Å². The van der Waals surface area contributed by atoms with E-state index in [1.54, 1.807) is 7.11 Å². The molecule has 3 rings (SSSR count). The SMILES string of the molecule is CNCC(CC1CCCCC1)NC(=O)N1CCCC(C(CCCCOC)c2ccccc2)C1. The van der Waals surface area contributed by atoms with E-state index >= 15 is 0 Å². The van der Waals surface area contributed by atoms with Crippen LogP contribution < -0.4 is 10.6 Å². The van der Waals surface area contributed by atoms with E-state index in [2.05, 4.69) is 45.9 Å². The van der Waals surface area contributed by atoms with Crippen molar-refractivity contribution in [3.63, 3.8) is 0 Å². The molecule has 186 valence electrons. The normalized spacial score (nSPS) is 21.5. The minimum atomic E-state index is 0.141. The summed E-state index contributed by atoms with van der Waals surface area (Å²) >= 11 is 0. The third-order valence-electron chi connectivity index (χ3n) is 7.78. The number of carbonyl (C=O) groups excluding carboxylic acids is 1. The summed E-state index contributed by atoms with van der Waals surface area (Å²) in [5.74, 6) is 1.80. The van der Waals surface area contributed by atoms with Gasteiger partial charge in [0.1, 0.15) is 0 Å². The van der Waals surface area contributed by atoms with E-state index in [-0.39, 0.29) is 12.1 Å². The highest BCUT2D eigenvalue weighted by molar-refractivity contribution is 5.74.